The van der Waals surface area contributed by atoms with Gasteiger partial charge in [-0.15, -0.1) is 0 Å². The Morgan fingerprint density at radius 3 is 2.42 bits per heavy atom. The van der Waals surface area contributed by atoms with Crippen LogP contribution in [0.25, 0.3) is 11.2 Å². The number of nitrogens with zero attached hydrogens (tertiary/aromatic N) is 4. The summed E-state index contributed by atoms with van der Waals surface area (Å²) in [7, 11) is 0. The van der Waals surface area contributed by atoms with E-state index in [9.17, 15) is 9.90 Å². The van der Waals surface area contributed by atoms with Crippen molar-refractivity contribution in [2.45, 2.75) is 90.6 Å². The SMILES string of the molecule is CC(Cc1ccccc1)c1nc2nc(C(=O)O)nc(N[C@H](C)C3CCC3)c2n1C[C@H]1CC[C@H](C)CC1. The van der Waals surface area contributed by atoms with Crippen LogP contribution in [-0.4, -0.2) is 36.6 Å². The molecule has 1 aromatic carbocycles. The maximum Gasteiger partial charge on any atom is 0.374 e. The molecule has 1 unspecified atom stereocenters. The summed E-state index contributed by atoms with van der Waals surface area (Å²) >= 11 is 0. The van der Waals surface area contributed by atoms with Gasteiger partial charge in [-0.3, -0.25) is 0 Å². The summed E-state index contributed by atoms with van der Waals surface area (Å²) in [6.45, 7) is 7.62. The molecule has 0 aliphatic heterocycles. The lowest BCUT2D eigenvalue weighted by Crippen LogP contribution is -2.31. The van der Waals surface area contributed by atoms with Crippen LogP contribution in [-0.2, 0) is 13.0 Å². The van der Waals surface area contributed by atoms with Crippen molar-refractivity contribution in [1.82, 2.24) is 19.5 Å². The molecule has 0 spiro atoms. The third-order valence-electron chi connectivity index (χ3n) is 8.45. The number of benzene rings is 1. The van der Waals surface area contributed by atoms with Gasteiger partial charge in [0.15, 0.2) is 11.5 Å². The van der Waals surface area contributed by atoms with E-state index in [2.05, 4.69) is 64.9 Å². The Bertz CT molecular complexity index is 1200. The normalized spacial score (nSPS) is 22.2. The number of fused-ring (bicyclic) bond motifs is 1. The fourth-order valence-electron chi connectivity index (χ4n) is 5.91. The van der Waals surface area contributed by atoms with Crippen molar-refractivity contribution in [3.63, 3.8) is 0 Å². The van der Waals surface area contributed by atoms with Gasteiger partial charge in [-0.1, -0.05) is 63.4 Å². The summed E-state index contributed by atoms with van der Waals surface area (Å²) in [5.74, 6) is 2.41. The molecule has 2 aromatic heterocycles. The van der Waals surface area contributed by atoms with Gasteiger partial charge in [0.2, 0.25) is 5.82 Å². The molecule has 2 atom stereocenters. The number of nitrogens with one attached hydrogen (secondary N) is 1. The fraction of sp³-hybridized carbons (Fsp3) is 0.586. The summed E-state index contributed by atoms with van der Waals surface area (Å²) in [6.07, 6.45) is 9.47. The molecule has 192 valence electrons. The molecule has 2 fully saturated rings. The second kappa shape index (κ2) is 10.6. The number of aromatic carboxylic acids is 1. The molecule has 3 aromatic rings. The maximum absolute atomic E-state index is 11.9. The lowest BCUT2D eigenvalue weighted by Gasteiger charge is -2.32. The van der Waals surface area contributed by atoms with Gasteiger partial charge >= 0.3 is 5.97 Å². The third-order valence-corrected chi connectivity index (χ3v) is 8.45. The van der Waals surface area contributed by atoms with Crippen LogP contribution in [0.3, 0.4) is 0 Å². The van der Waals surface area contributed by atoms with Crippen LogP contribution < -0.4 is 5.32 Å². The number of hydrogen-bond acceptors (Lipinski definition) is 5. The topological polar surface area (TPSA) is 92.9 Å². The third kappa shape index (κ3) is 5.25. The summed E-state index contributed by atoms with van der Waals surface area (Å²) < 4.78 is 2.32. The van der Waals surface area contributed by atoms with Crippen molar-refractivity contribution < 1.29 is 9.90 Å². The highest BCUT2D eigenvalue weighted by atomic mass is 16.4. The molecule has 2 aliphatic rings. The van der Waals surface area contributed by atoms with E-state index in [1.54, 1.807) is 0 Å². The molecule has 5 rings (SSSR count). The highest BCUT2D eigenvalue weighted by Crippen LogP contribution is 2.36. The summed E-state index contributed by atoms with van der Waals surface area (Å²) in [4.78, 5) is 25.8. The number of anilines is 1. The largest absolute Gasteiger partial charge is 0.475 e. The molecule has 0 amide bonds. The minimum atomic E-state index is -1.12. The van der Waals surface area contributed by atoms with Gasteiger partial charge in [-0.05, 0) is 62.3 Å². The second-order valence-corrected chi connectivity index (χ2v) is 11.3. The van der Waals surface area contributed by atoms with Gasteiger partial charge in [0.1, 0.15) is 11.3 Å². The van der Waals surface area contributed by atoms with E-state index in [4.69, 9.17) is 4.98 Å². The Morgan fingerprint density at radius 2 is 1.78 bits per heavy atom. The monoisotopic (exact) mass is 489 g/mol. The molecular weight excluding hydrogens is 450 g/mol. The maximum atomic E-state index is 11.9. The van der Waals surface area contributed by atoms with Gasteiger partial charge in [0.05, 0.1) is 0 Å². The zero-order valence-corrected chi connectivity index (χ0v) is 21.8. The zero-order valence-electron chi connectivity index (χ0n) is 21.8. The van der Waals surface area contributed by atoms with Crippen molar-refractivity contribution in [2.24, 2.45) is 17.8 Å². The number of aromatic nitrogens is 4. The Morgan fingerprint density at radius 1 is 1.06 bits per heavy atom. The highest BCUT2D eigenvalue weighted by Gasteiger charge is 2.29. The first-order chi connectivity index (χ1) is 17.4. The Kier molecular flexibility index (Phi) is 7.26. The highest BCUT2D eigenvalue weighted by molar-refractivity contribution is 5.90. The molecule has 0 saturated heterocycles. The first kappa shape index (κ1) is 24.7. The van der Waals surface area contributed by atoms with Gasteiger partial charge in [-0.25, -0.2) is 19.7 Å². The van der Waals surface area contributed by atoms with E-state index >= 15 is 0 Å². The molecule has 2 aliphatic carbocycles. The van der Waals surface area contributed by atoms with Crippen LogP contribution in [0.1, 0.15) is 93.6 Å². The van der Waals surface area contributed by atoms with E-state index in [0.29, 0.717) is 23.3 Å². The van der Waals surface area contributed by atoms with E-state index in [-0.39, 0.29) is 17.8 Å². The van der Waals surface area contributed by atoms with Crippen molar-refractivity contribution in [3.05, 3.63) is 47.5 Å². The molecule has 7 nitrogen and oxygen atoms in total. The lowest BCUT2D eigenvalue weighted by atomic mass is 9.80. The lowest BCUT2D eigenvalue weighted by molar-refractivity contribution is 0.0684. The molecular formula is C29H39N5O2. The Balaban J connectivity index is 1.57. The van der Waals surface area contributed by atoms with E-state index in [1.165, 1.54) is 50.5 Å². The van der Waals surface area contributed by atoms with Crippen molar-refractivity contribution >= 4 is 23.0 Å². The molecule has 36 heavy (non-hydrogen) atoms. The predicted octanol–water partition coefficient (Wildman–Crippen LogP) is 6.30. The Hall–Kier alpha value is -2.96. The molecule has 0 bridgehead atoms. The van der Waals surface area contributed by atoms with Crippen molar-refractivity contribution in [1.29, 1.82) is 0 Å². The van der Waals surface area contributed by atoms with Crippen LogP contribution in [0.15, 0.2) is 30.3 Å². The van der Waals surface area contributed by atoms with Crippen molar-refractivity contribution in [3.8, 4) is 0 Å². The van der Waals surface area contributed by atoms with Crippen LogP contribution in [0.4, 0.5) is 5.82 Å². The van der Waals surface area contributed by atoms with Crippen LogP contribution in [0.2, 0.25) is 0 Å². The van der Waals surface area contributed by atoms with Gasteiger partial charge in [0, 0.05) is 18.5 Å². The number of rotatable bonds is 9. The van der Waals surface area contributed by atoms with Crippen molar-refractivity contribution in [2.75, 3.05) is 5.32 Å². The smallest absolute Gasteiger partial charge is 0.374 e. The average Bonchev–Trinajstić information content (AvgIpc) is 3.18. The summed E-state index contributed by atoms with van der Waals surface area (Å²) in [5.41, 5.74) is 2.62. The van der Waals surface area contributed by atoms with Crippen LogP contribution in [0.5, 0.6) is 0 Å². The number of carboxylic acids is 1. The summed E-state index contributed by atoms with van der Waals surface area (Å²) in [5, 5.41) is 13.3. The van der Waals surface area contributed by atoms with E-state index in [1.807, 2.05) is 6.07 Å². The zero-order chi connectivity index (χ0) is 25.2. The predicted molar refractivity (Wildman–Crippen MR) is 142 cm³/mol. The fourth-order valence-corrected chi connectivity index (χ4v) is 5.91. The van der Waals surface area contributed by atoms with Gasteiger partial charge < -0.3 is 15.0 Å². The van der Waals surface area contributed by atoms with Gasteiger partial charge in [0.25, 0.3) is 0 Å². The second-order valence-electron chi connectivity index (χ2n) is 11.3. The van der Waals surface area contributed by atoms with Gasteiger partial charge in [-0.2, -0.15) is 0 Å². The van der Waals surface area contributed by atoms with E-state index < -0.39 is 5.97 Å². The quantitative estimate of drug-likeness (QED) is 0.366. The first-order valence-electron chi connectivity index (χ1n) is 13.7. The number of hydrogen-bond donors (Lipinski definition) is 2. The standard InChI is InChI=1S/C29H39N5O2/c1-18-12-14-22(15-13-18)17-34-24-25(30-20(3)23-10-7-11-23)31-27(29(35)36)32-26(24)33-28(34)19(2)16-21-8-5-4-6-9-21/h4-6,8-9,18-20,22-23H,7,10-17H2,1-3H3,(H,35,36)(H,30,31,32)/t18-,19?,20-,22-/m1/s1. The van der Waals surface area contributed by atoms with E-state index in [0.717, 1.165) is 30.2 Å². The minimum Gasteiger partial charge on any atom is -0.475 e. The molecule has 0 radical (unpaired) electrons. The summed E-state index contributed by atoms with van der Waals surface area (Å²) in [6, 6.07) is 10.7. The van der Waals surface area contributed by atoms with Crippen LogP contribution in [0, 0.1) is 17.8 Å². The molecule has 7 heteroatoms. The van der Waals surface area contributed by atoms with Crippen LogP contribution >= 0.6 is 0 Å². The average molecular weight is 490 g/mol. The Labute approximate surface area is 213 Å². The number of carbonyl (C=O) groups is 1. The minimum absolute atomic E-state index is 0.161. The first-order valence-corrected chi connectivity index (χ1v) is 13.7. The molecule has 2 saturated carbocycles. The number of carboxylic acid groups (broad SMARTS) is 1. The molecule has 2 heterocycles. The molecule has 2 N–H and O–H groups in total. The number of imidazole rings is 1.